The summed E-state index contributed by atoms with van der Waals surface area (Å²) in [6.07, 6.45) is 2.69. The highest BCUT2D eigenvalue weighted by Gasteiger charge is 2.33. The Kier molecular flexibility index (Phi) is 7.05. The molecule has 1 saturated heterocycles. The number of hydrogen-bond donors (Lipinski definition) is 0. The van der Waals surface area contributed by atoms with Crippen molar-refractivity contribution in [1.29, 1.82) is 0 Å². The van der Waals surface area contributed by atoms with Crippen molar-refractivity contribution in [2.75, 3.05) is 25.7 Å². The Morgan fingerprint density at radius 3 is 2.48 bits per heavy atom. The maximum atomic E-state index is 13.0. The molecule has 29 heavy (non-hydrogen) atoms. The molecular weight excluding hydrogens is 430 g/mol. The average Bonchev–Trinajstić information content (AvgIpc) is 2.99. The fraction of sp³-hybridized carbons (Fsp3) is 0.238. The molecule has 1 heterocycles. The Balaban J connectivity index is 1.87. The van der Waals surface area contributed by atoms with E-state index < -0.39 is 0 Å². The molecule has 0 atom stereocenters. The Morgan fingerprint density at radius 1 is 1.10 bits per heavy atom. The van der Waals surface area contributed by atoms with Crippen molar-refractivity contribution in [1.82, 2.24) is 0 Å². The SMILES string of the molecule is CCCOc1ccc(/C=C2\SC(=S)N(c3ccc(OC)c(Cl)c3)C2=O)cc1OC. The molecule has 152 valence electrons. The minimum atomic E-state index is -0.202. The van der Waals surface area contributed by atoms with Gasteiger partial charge in [-0.15, -0.1) is 0 Å². The molecule has 1 aliphatic heterocycles. The summed E-state index contributed by atoms with van der Waals surface area (Å²) in [6, 6.07) is 10.7. The van der Waals surface area contributed by atoms with E-state index in [9.17, 15) is 4.79 Å². The van der Waals surface area contributed by atoms with Crippen molar-refractivity contribution in [2.45, 2.75) is 13.3 Å². The summed E-state index contributed by atoms with van der Waals surface area (Å²) in [5.41, 5.74) is 1.42. The van der Waals surface area contributed by atoms with Gasteiger partial charge in [-0.2, -0.15) is 0 Å². The fourth-order valence-corrected chi connectivity index (χ4v) is 4.29. The predicted octanol–water partition coefficient (Wildman–Crippen LogP) is 5.55. The summed E-state index contributed by atoms with van der Waals surface area (Å²) in [5, 5.41) is 0.412. The van der Waals surface area contributed by atoms with Crippen LogP contribution in [0.2, 0.25) is 5.02 Å². The van der Waals surface area contributed by atoms with Gasteiger partial charge in [-0.05, 0) is 48.4 Å². The number of methoxy groups -OCH3 is 2. The number of thioether (sulfide) groups is 1. The third-order valence-corrected chi connectivity index (χ3v) is 5.73. The predicted molar refractivity (Wildman–Crippen MR) is 122 cm³/mol. The van der Waals surface area contributed by atoms with Gasteiger partial charge in [-0.3, -0.25) is 9.69 Å². The quantitative estimate of drug-likeness (QED) is 0.408. The largest absolute Gasteiger partial charge is 0.495 e. The van der Waals surface area contributed by atoms with Crippen molar-refractivity contribution in [3.05, 3.63) is 51.9 Å². The molecule has 0 bridgehead atoms. The van der Waals surface area contributed by atoms with Crippen LogP contribution in [0.15, 0.2) is 41.3 Å². The Morgan fingerprint density at radius 2 is 1.83 bits per heavy atom. The first kappa shape index (κ1) is 21.5. The minimum absolute atomic E-state index is 0.202. The van der Waals surface area contributed by atoms with Crippen LogP contribution < -0.4 is 19.1 Å². The maximum Gasteiger partial charge on any atom is 0.270 e. The van der Waals surface area contributed by atoms with Crippen LogP contribution in [-0.2, 0) is 4.79 Å². The van der Waals surface area contributed by atoms with Gasteiger partial charge in [-0.1, -0.05) is 48.6 Å². The summed E-state index contributed by atoms with van der Waals surface area (Å²) in [4.78, 5) is 15.0. The van der Waals surface area contributed by atoms with Crippen LogP contribution in [0.3, 0.4) is 0 Å². The van der Waals surface area contributed by atoms with Crippen LogP contribution in [0.25, 0.3) is 6.08 Å². The second-order valence-electron chi connectivity index (χ2n) is 6.09. The lowest BCUT2D eigenvalue weighted by Gasteiger charge is -2.15. The van der Waals surface area contributed by atoms with E-state index in [1.54, 1.807) is 31.4 Å². The van der Waals surface area contributed by atoms with Crippen molar-refractivity contribution >= 4 is 57.6 Å². The molecule has 2 aromatic rings. The van der Waals surface area contributed by atoms with Crippen molar-refractivity contribution in [3.8, 4) is 17.2 Å². The first-order valence-corrected chi connectivity index (χ1v) is 10.5. The van der Waals surface area contributed by atoms with Gasteiger partial charge >= 0.3 is 0 Å². The van der Waals surface area contributed by atoms with Gasteiger partial charge in [0, 0.05) is 0 Å². The van der Waals surface area contributed by atoms with Crippen LogP contribution in [0.1, 0.15) is 18.9 Å². The van der Waals surface area contributed by atoms with Crippen molar-refractivity contribution in [2.24, 2.45) is 0 Å². The number of anilines is 1. The zero-order valence-electron chi connectivity index (χ0n) is 16.2. The van der Waals surface area contributed by atoms with Crippen LogP contribution >= 0.6 is 35.6 Å². The number of ether oxygens (including phenoxy) is 3. The van der Waals surface area contributed by atoms with Gasteiger partial charge in [0.2, 0.25) is 0 Å². The zero-order valence-corrected chi connectivity index (χ0v) is 18.6. The molecule has 0 radical (unpaired) electrons. The topological polar surface area (TPSA) is 48.0 Å². The first-order chi connectivity index (χ1) is 14.0. The number of carbonyl (C=O) groups is 1. The summed E-state index contributed by atoms with van der Waals surface area (Å²) in [5.74, 6) is 1.62. The third-order valence-electron chi connectivity index (χ3n) is 4.13. The van der Waals surface area contributed by atoms with E-state index in [0.717, 1.165) is 12.0 Å². The Bertz CT molecular complexity index is 977. The standard InChI is InChI=1S/C21H20ClNO4S2/c1-4-9-27-17-7-5-13(10-18(17)26-3)11-19-20(24)23(21(28)29-19)14-6-8-16(25-2)15(22)12-14/h5-8,10-12H,4,9H2,1-3H3/b19-11-. The molecular formula is C21H20ClNO4S2. The second kappa shape index (κ2) is 9.52. The first-order valence-electron chi connectivity index (χ1n) is 8.90. The summed E-state index contributed by atoms with van der Waals surface area (Å²) < 4.78 is 16.7. The normalized spacial score (nSPS) is 15.2. The molecule has 0 aliphatic carbocycles. The molecule has 5 nitrogen and oxygen atoms in total. The third kappa shape index (κ3) is 4.69. The van der Waals surface area contributed by atoms with Gasteiger partial charge in [0.05, 0.1) is 36.4 Å². The number of halogens is 1. The maximum absolute atomic E-state index is 13.0. The van der Waals surface area contributed by atoms with Gasteiger partial charge in [0.15, 0.2) is 15.8 Å². The second-order valence-corrected chi connectivity index (χ2v) is 8.18. The van der Waals surface area contributed by atoms with Crippen LogP contribution in [-0.4, -0.2) is 31.1 Å². The van der Waals surface area contributed by atoms with Crippen molar-refractivity contribution in [3.63, 3.8) is 0 Å². The zero-order chi connectivity index (χ0) is 21.0. The smallest absolute Gasteiger partial charge is 0.270 e. The number of rotatable bonds is 7. The fourth-order valence-electron chi connectivity index (χ4n) is 2.74. The van der Waals surface area contributed by atoms with Gasteiger partial charge in [-0.25, -0.2) is 0 Å². The molecule has 2 aromatic carbocycles. The molecule has 0 N–H and O–H groups in total. The lowest BCUT2D eigenvalue weighted by atomic mass is 10.1. The van der Waals surface area contributed by atoms with E-state index in [4.69, 9.17) is 38.0 Å². The molecule has 1 aliphatic rings. The Hall–Kier alpha value is -2.22. The Labute approximate surface area is 184 Å². The highest BCUT2D eigenvalue weighted by molar-refractivity contribution is 8.27. The molecule has 3 rings (SSSR count). The summed E-state index contributed by atoms with van der Waals surface area (Å²) in [6.45, 7) is 2.65. The van der Waals surface area contributed by atoms with Crippen molar-refractivity contribution < 1.29 is 19.0 Å². The average molecular weight is 450 g/mol. The molecule has 0 unspecified atom stereocenters. The van der Waals surface area contributed by atoms with Gasteiger partial charge < -0.3 is 14.2 Å². The van der Waals surface area contributed by atoms with E-state index in [0.29, 0.717) is 43.8 Å². The van der Waals surface area contributed by atoms with E-state index >= 15 is 0 Å². The summed E-state index contributed by atoms with van der Waals surface area (Å²) >= 11 is 12.9. The van der Waals surface area contributed by atoms with E-state index in [1.807, 2.05) is 25.1 Å². The van der Waals surface area contributed by atoms with Crippen LogP contribution in [0.5, 0.6) is 17.2 Å². The molecule has 1 fully saturated rings. The highest BCUT2D eigenvalue weighted by atomic mass is 35.5. The number of amides is 1. The number of benzene rings is 2. The lowest BCUT2D eigenvalue weighted by Crippen LogP contribution is -2.27. The number of hydrogen-bond acceptors (Lipinski definition) is 6. The monoisotopic (exact) mass is 449 g/mol. The van der Waals surface area contributed by atoms with E-state index in [-0.39, 0.29) is 5.91 Å². The molecule has 0 spiro atoms. The van der Waals surface area contributed by atoms with Gasteiger partial charge in [0.25, 0.3) is 5.91 Å². The van der Waals surface area contributed by atoms with E-state index in [2.05, 4.69) is 0 Å². The number of thiocarbonyl (C=S) groups is 1. The minimum Gasteiger partial charge on any atom is -0.495 e. The summed E-state index contributed by atoms with van der Waals surface area (Å²) in [7, 11) is 3.13. The molecule has 8 heteroatoms. The number of nitrogens with zero attached hydrogens (tertiary/aromatic N) is 1. The lowest BCUT2D eigenvalue weighted by molar-refractivity contribution is -0.113. The molecule has 0 saturated carbocycles. The van der Waals surface area contributed by atoms with Crippen LogP contribution in [0.4, 0.5) is 5.69 Å². The van der Waals surface area contributed by atoms with Gasteiger partial charge in [0.1, 0.15) is 5.75 Å². The molecule has 0 aromatic heterocycles. The van der Waals surface area contributed by atoms with E-state index in [1.165, 1.54) is 23.8 Å². The number of carbonyl (C=O) groups excluding carboxylic acids is 1. The highest BCUT2D eigenvalue weighted by Crippen LogP contribution is 2.39. The van der Waals surface area contributed by atoms with Crippen LogP contribution in [0, 0.1) is 0 Å². The molecule has 1 amide bonds.